The maximum Gasteiger partial charge on any atom is 0.163 e. The summed E-state index contributed by atoms with van der Waals surface area (Å²) in [6, 6.07) is 11.4. The summed E-state index contributed by atoms with van der Waals surface area (Å²) < 4.78 is 40.9. The number of benzene rings is 2. The predicted molar refractivity (Wildman–Crippen MR) is 98.4 cm³/mol. The maximum atomic E-state index is 13.9. The monoisotopic (exact) mass is 375 g/mol. The van der Waals surface area contributed by atoms with E-state index in [-0.39, 0.29) is 17.8 Å². The van der Waals surface area contributed by atoms with Gasteiger partial charge in [-0.05, 0) is 55.6 Å². The molecule has 2 aromatic carbocycles. The second-order valence-electron chi connectivity index (χ2n) is 7.54. The van der Waals surface area contributed by atoms with E-state index in [4.69, 9.17) is 0 Å². The van der Waals surface area contributed by atoms with E-state index in [2.05, 4.69) is 15.8 Å². The van der Waals surface area contributed by atoms with E-state index in [1.807, 2.05) is 6.07 Å². The molecule has 0 saturated carbocycles. The van der Waals surface area contributed by atoms with Crippen molar-refractivity contribution in [3.05, 3.63) is 71.0 Å². The van der Waals surface area contributed by atoms with Gasteiger partial charge >= 0.3 is 0 Å². The van der Waals surface area contributed by atoms with E-state index in [0.29, 0.717) is 18.0 Å². The molecule has 2 aromatic rings. The average molecular weight is 375 g/mol. The molecule has 2 N–H and O–H groups in total. The van der Waals surface area contributed by atoms with Gasteiger partial charge in [-0.25, -0.2) is 13.2 Å². The van der Waals surface area contributed by atoms with Gasteiger partial charge in [0.05, 0.1) is 0 Å². The van der Waals surface area contributed by atoms with E-state index in [9.17, 15) is 13.2 Å². The SMILES string of the molecule is Fc1cccc(C2CNNC2C2CCN(Cc3cccc(F)c3F)CC2)c1. The van der Waals surface area contributed by atoms with Crippen LogP contribution >= 0.6 is 0 Å². The third-order valence-corrected chi connectivity index (χ3v) is 5.87. The van der Waals surface area contributed by atoms with Gasteiger partial charge in [0.1, 0.15) is 5.82 Å². The summed E-state index contributed by atoms with van der Waals surface area (Å²) in [6.45, 7) is 2.90. The molecule has 2 heterocycles. The minimum atomic E-state index is -0.790. The van der Waals surface area contributed by atoms with Gasteiger partial charge in [0.25, 0.3) is 0 Å². The Balaban J connectivity index is 1.38. The van der Waals surface area contributed by atoms with Crippen molar-refractivity contribution in [2.45, 2.75) is 31.3 Å². The number of rotatable bonds is 4. The number of nitrogens with zero attached hydrogens (tertiary/aromatic N) is 1. The van der Waals surface area contributed by atoms with Gasteiger partial charge in [0, 0.05) is 30.6 Å². The second kappa shape index (κ2) is 8.00. The summed E-state index contributed by atoms with van der Waals surface area (Å²) in [5, 5.41) is 0. The Kier molecular flexibility index (Phi) is 5.48. The summed E-state index contributed by atoms with van der Waals surface area (Å²) in [6.07, 6.45) is 1.95. The molecular formula is C21H24F3N3. The van der Waals surface area contributed by atoms with Crippen molar-refractivity contribution >= 4 is 0 Å². The fraction of sp³-hybridized carbons (Fsp3) is 0.429. The van der Waals surface area contributed by atoms with Gasteiger partial charge in [0.15, 0.2) is 11.6 Å². The van der Waals surface area contributed by atoms with Crippen LogP contribution in [0.4, 0.5) is 13.2 Å². The van der Waals surface area contributed by atoms with Crippen LogP contribution < -0.4 is 10.9 Å². The molecule has 27 heavy (non-hydrogen) atoms. The Morgan fingerprint density at radius 2 is 1.78 bits per heavy atom. The minimum absolute atomic E-state index is 0.204. The molecular weight excluding hydrogens is 351 g/mol. The number of hydrazine groups is 1. The van der Waals surface area contributed by atoms with E-state index < -0.39 is 11.6 Å². The lowest BCUT2D eigenvalue weighted by atomic mass is 9.80. The van der Waals surface area contributed by atoms with Crippen LogP contribution in [0.1, 0.15) is 29.9 Å². The van der Waals surface area contributed by atoms with Gasteiger partial charge in [-0.15, -0.1) is 0 Å². The zero-order chi connectivity index (χ0) is 18.8. The van der Waals surface area contributed by atoms with Crippen molar-refractivity contribution in [2.24, 2.45) is 5.92 Å². The molecule has 2 unspecified atom stereocenters. The summed E-state index contributed by atoms with van der Waals surface area (Å²) in [5.74, 6) is -1.04. The van der Waals surface area contributed by atoms with Crippen molar-refractivity contribution in [1.29, 1.82) is 0 Å². The smallest absolute Gasteiger partial charge is 0.163 e. The van der Waals surface area contributed by atoms with E-state index in [1.165, 1.54) is 6.07 Å². The van der Waals surface area contributed by atoms with Gasteiger partial charge < -0.3 is 0 Å². The molecule has 0 bridgehead atoms. The minimum Gasteiger partial charge on any atom is -0.299 e. The van der Waals surface area contributed by atoms with Gasteiger partial charge in [-0.2, -0.15) is 0 Å². The number of piperidine rings is 1. The van der Waals surface area contributed by atoms with Crippen molar-refractivity contribution < 1.29 is 13.2 Å². The van der Waals surface area contributed by atoms with E-state index in [0.717, 1.165) is 44.1 Å². The predicted octanol–water partition coefficient (Wildman–Crippen LogP) is 3.58. The maximum absolute atomic E-state index is 13.9. The van der Waals surface area contributed by atoms with Crippen LogP contribution in [-0.4, -0.2) is 30.6 Å². The molecule has 0 aliphatic carbocycles. The number of halogens is 3. The Morgan fingerprint density at radius 3 is 2.56 bits per heavy atom. The van der Waals surface area contributed by atoms with Crippen LogP contribution in [0.5, 0.6) is 0 Å². The van der Waals surface area contributed by atoms with Crippen LogP contribution in [0.3, 0.4) is 0 Å². The molecule has 2 atom stereocenters. The zero-order valence-electron chi connectivity index (χ0n) is 15.1. The van der Waals surface area contributed by atoms with Gasteiger partial charge in [-0.1, -0.05) is 24.3 Å². The number of hydrogen-bond acceptors (Lipinski definition) is 3. The lowest BCUT2D eigenvalue weighted by Gasteiger charge is -2.36. The summed E-state index contributed by atoms with van der Waals surface area (Å²) in [5.41, 5.74) is 8.02. The Bertz CT molecular complexity index is 790. The number of hydrogen-bond donors (Lipinski definition) is 2. The third kappa shape index (κ3) is 4.03. The molecule has 0 aromatic heterocycles. The third-order valence-electron chi connectivity index (χ3n) is 5.87. The van der Waals surface area contributed by atoms with Crippen molar-refractivity contribution in [1.82, 2.24) is 15.8 Å². The Hall–Kier alpha value is -1.89. The Morgan fingerprint density at radius 1 is 1.00 bits per heavy atom. The summed E-state index contributed by atoms with van der Waals surface area (Å²) >= 11 is 0. The fourth-order valence-electron chi connectivity index (χ4n) is 4.40. The highest BCUT2D eigenvalue weighted by molar-refractivity contribution is 5.24. The highest BCUT2D eigenvalue weighted by Gasteiger charge is 2.36. The zero-order valence-corrected chi connectivity index (χ0v) is 15.1. The number of likely N-dealkylation sites (tertiary alicyclic amines) is 1. The fourth-order valence-corrected chi connectivity index (χ4v) is 4.40. The highest BCUT2D eigenvalue weighted by atomic mass is 19.2. The quantitative estimate of drug-likeness (QED) is 0.856. The molecule has 0 amide bonds. The molecule has 2 saturated heterocycles. The molecule has 0 spiro atoms. The first-order valence-corrected chi connectivity index (χ1v) is 9.51. The lowest BCUT2D eigenvalue weighted by molar-refractivity contribution is 0.150. The highest BCUT2D eigenvalue weighted by Crippen LogP contribution is 2.33. The van der Waals surface area contributed by atoms with Crippen LogP contribution in [0.15, 0.2) is 42.5 Å². The first-order chi connectivity index (χ1) is 13.1. The summed E-state index contributed by atoms with van der Waals surface area (Å²) in [4.78, 5) is 2.17. The van der Waals surface area contributed by atoms with Gasteiger partial charge in [-0.3, -0.25) is 15.8 Å². The first-order valence-electron chi connectivity index (χ1n) is 9.51. The van der Waals surface area contributed by atoms with E-state index in [1.54, 1.807) is 24.3 Å². The largest absolute Gasteiger partial charge is 0.299 e. The van der Waals surface area contributed by atoms with Crippen LogP contribution in [0.2, 0.25) is 0 Å². The van der Waals surface area contributed by atoms with Crippen LogP contribution in [-0.2, 0) is 6.54 Å². The topological polar surface area (TPSA) is 27.3 Å². The molecule has 2 fully saturated rings. The molecule has 6 heteroatoms. The molecule has 4 rings (SSSR count). The molecule has 2 aliphatic rings. The molecule has 144 valence electrons. The van der Waals surface area contributed by atoms with Crippen molar-refractivity contribution in [3.63, 3.8) is 0 Å². The molecule has 3 nitrogen and oxygen atoms in total. The van der Waals surface area contributed by atoms with Crippen LogP contribution in [0.25, 0.3) is 0 Å². The van der Waals surface area contributed by atoms with Crippen LogP contribution in [0, 0.1) is 23.4 Å². The average Bonchev–Trinajstić information content (AvgIpc) is 3.16. The van der Waals surface area contributed by atoms with Gasteiger partial charge in [0.2, 0.25) is 0 Å². The molecule has 2 aliphatic heterocycles. The van der Waals surface area contributed by atoms with Crippen molar-refractivity contribution in [2.75, 3.05) is 19.6 Å². The van der Waals surface area contributed by atoms with E-state index >= 15 is 0 Å². The normalized spacial score (nSPS) is 24.4. The molecule has 0 radical (unpaired) electrons. The standard InChI is InChI=1S/C21H24F3N3/c22-17-5-1-3-15(11-17)18-12-25-26-21(18)14-7-9-27(10-8-14)13-16-4-2-6-19(23)20(16)24/h1-6,11,14,18,21,25-26H,7-10,12-13H2. The Labute approximate surface area is 157 Å². The van der Waals surface area contributed by atoms with Crippen molar-refractivity contribution in [3.8, 4) is 0 Å². The number of nitrogens with one attached hydrogen (secondary N) is 2. The first kappa shape index (κ1) is 18.5. The lowest BCUT2D eigenvalue weighted by Crippen LogP contribution is -2.44. The second-order valence-corrected chi connectivity index (χ2v) is 7.54. The summed E-state index contributed by atoms with van der Waals surface area (Å²) in [7, 11) is 0.